The van der Waals surface area contributed by atoms with Gasteiger partial charge in [0.1, 0.15) is 23.0 Å². The van der Waals surface area contributed by atoms with E-state index in [0.717, 1.165) is 17.5 Å². The number of hydrogen-bond donors (Lipinski definition) is 0. The van der Waals surface area contributed by atoms with Gasteiger partial charge in [-0.1, -0.05) is 120 Å². The fraction of sp³-hybridized carbons (Fsp3) is 0.255. The lowest BCUT2D eigenvalue weighted by Crippen LogP contribution is -2.12. The Hall–Kier alpha value is -7.31. The molecular formula is C55H53NO8. The maximum Gasteiger partial charge on any atom is 0.343 e. The van der Waals surface area contributed by atoms with E-state index in [2.05, 4.69) is 31.2 Å². The van der Waals surface area contributed by atoms with Crippen molar-refractivity contribution in [2.45, 2.75) is 90.4 Å². The molecule has 9 nitrogen and oxygen atoms in total. The number of ether oxygens (including phenoxy) is 4. The van der Waals surface area contributed by atoms with Crippen LogP contribution in [0.2, 0.25) is 0 Å². The number of esters is 4. The second-order valence-corrected chi connectivity index (χ2v) is 15.7. The molecule has 326 valence electrons. The molecule has 0 aliphatic carbocycles. The largest absolute Gasteiger partial charge is 0.423 e. The van der Waals surface area contributed by atoms with Crippen molar-refractivity contribution in [3.8, 4) is 40.2 Å². The van der Waals surface area contributed by atoms with Crippen LogP contribution in [0.1, 0.15) is 137 Å². The zero-order chi connectivity index (χ0) is 44.9. The molecule has 0 aliphatic rings. The number of nitriles is 1. The molecule has 0 N–H and O–H groups in total. The Morgan fingerprint density at radius 3 is 1.23 bits per heavy atom. The number of benzene rings is 6. The molecule has 6 aromatic rings. The first-order chi connectivity index (χ1) is 31.3. The summed E-state index contributed by atoms with van der Waals surface area (Å²) in [5.74, 6) is -1.69. The lowest BCUT2D eigenvalue weighted by molar-refractivity contribution is 0.0712. The summed E-state index contributed by atoms with van der Waals surface area (Å²) in [6.45, 7) is 2.27. The molecule has 0 atom stereocenters. The van der Waals surface area contributed by atoms with Crippen molar-refractivity contribution in [1.82, 2.24) is 0 Å². The highest BCUT2D eigenvalue weighted by Crippen LogP contribution is 2.24. The van der Waals surface area contributed by atoms with Gasteiger partial charge in [0.05, 0.1) is 33.9 Å². The van der Waals surface area contributed by atoms with Crippen LogP contribution in [0.15, 0.2) is 146 Å². The molecular weight excluding hydrogens is 803 g/mol. The SMILES string of the molecule is CCCCCCCCCCCCCCc1ccc(-c2ccc(C(=O)Oc3ccc(C(=O)Oc4cccc(C(=O)Oc5ccc(C(=O)Oc6ccc(C#N)cc6)cc5)c4)cc3)cc2)cc1. The van der Waals surface area contributed by atoms with Gasteiger partial charge in [-0.05, 0) is 133 Å². The van der Waals surface area contributed by atoms with E-state index in [1.54, 1.807) is 18.2 Å². The number of rotatable bonds is 22. The van der Waals surface area contributed by atoms with Gasteiger partial charge in [-0.3, -0.25) is 0 Å². The Morgan fingerprint density at radius 2 is 0.781 bits per heavy atom. The molecule has 0 radical (unpaired) electrons. The Morgan fingerprint density at radius 1 is 0.406 bits per heavy atom. The van der Waals surface area contributed by atoms with E-state index >= 15 is 0 Å². The molecule has 9 heteroatoms. The number of carbonyl (C=O) groups excluding carboxylic acids is 4. The number of nitrogens with zero attached hydrogens (tertiary/aromatic N) is 1. The van der Waals surface area contributed by atoms with Crippen molar-refractivity contribution in [1.29, 1.82) is 5.26 Å². The highest BCUT2D eigenvalue weighted by Gasteiger charge is 2.16. The minimum Gasteiger partial charge on any atom is -0.423 e. The molecule has 0 saturated carbocycles. The third-order valence-electron chi connectivity index (χ3n) is 10.8. The van der Waals surface area contributed by atoms with Crippen molar-refractivity contribution in [3.05, 3.63) is 179 Å². The van der Waals surface area contributed by atoms with Gasteiger partial charge in [-0.2, -0.15) is 5.26 Å². The first-order valence-corrected chi connectivity index (χ1v) is 22.2. The third kappa shape index (κ3) is 14.4. The van der Waals surface area contributed by atoms with E-state index in [1.165, 1.54) is 174 Å². The van der Waals surface area contributed by atoms with Gasteiger partial charge in [0.2, 0.25) is 0 Å². The molecule has 0 amide bonds. The van der Waals surface area contributed by atoms with Crippen LogP contribution in [-0.2, 0) is 6.42 Å². The summed E-state index contributed by atoms with van der Waals surface area (Å²) < 4.78 is 21.9. The maximum atomic E-state index is 13.0. The first-order valence-electron chi connectivity index (χ1n) is 22.2. The minimum absolute atomic E-state index is 0.116. The van der Waals surface area contributed by atoms with Crippen LogP contribution in [0.4, 0.5) is 0 Å². The number of aryl methyl sites for hydroxylation is 1. The van der Waals surface area contributed by atoms with Crippen LogP contribution in [0.3, 0.4) is 0 Å². The topological polar surface area (TPSA) is 129 Å². The molecule has 0 spiro atoms. The quantitative estimate of drug-likeness (QED) is 0.0372. The molecule has 6 rings (SSSR count). The Labute approximate surface area is 375 Å². The van der Waals surface area contributed by atoms with E-state index in [4.69, 9.17) is 24.2 Å². The minimum atomic E-state index is -0.708. The van der Waals surface area contributed by atoms with E-state index in [-0.39, 0.29) is 39.7 Å². The summed E-state index contributed by atoms with van der Waals surface area (Å²) in [6, 6.07) is 41.8. The molecule has 6 aromatic carbocycles. The van der Waals surface area contributed by atoms with Gasteiger partial charge in [0.25, 0.3) is 0 Å². The van der Waals surface area contributed by atoms with Crippen LogP contribution in [0, 0.1) is 11.3 Å². The van der Waals surface area contributed by atoms with Crippen LogP contribution < -0.4 is 18.9 Å². The molecule has 0 aliphatic heterocycles. The van der Waals surface area contributed by atoms with E-state index < -0.39 is 23.9 Å². The van der Waals surface area contributed by atoms with Crippen LogP contribution in [0.25, 0.3) is 11.1 Å². The van der Waals surface area contributed by atoms with Gasteiger partial charge in [-0.25, -0.2) is 19.2 Å². The Bertz CT molecular complexity index is 2490. The zero-order valence-electron chi connectivity index (χ0n) is 36.3. The van der Waals surface area contributed by atoms with Crippen molar-refractivity contribution in [2.75, 3.05) is 0 Å². The van der Waals surface area contributed by atoms with Crippen LogP contribution in [-0.4, -0.2) is 23.9 Å². The predicted molar refractivity (Wildman–Crippen MR) is 247 cm³/mol. The fourth-order valence-electron chi connectivity index (χ4n) is 7.10. The molecule has 0 bridgehead atoms. The van der Waals surface area contributed by atoms with Gasteiger partial charge in [0, 0.05) is 0 Å². The van der Waals surface area contributed by atoms with Crippen molar-refractivity contribution >= 4 is 23.9 Å². The van der Waals surface area contributed by atoms with E-state index in [9.17, 15) is 19.2 Å². The highest BCUT2D eigenvalue weighted by molar-refractivity contribution is 5.95. The third-order valence-corrected chi connectivity index (χ3v) is 10.8. The Kier molecular flexibility index (Phi) is 17.6. The van der Waals surface area contributed by atoms with Crippen molar-refractivity contribution in [2.24, 2.45) is 0 Å². The number of hydrogen-bond acceptors (Lipinski definition) is 9. The van der Waals surface area contributed by atoms with Gasteiger partial charge in [-0.15, -0.1) is 0 Å². The van der Waals surface area contributed by atoms with Crippen LogP contribution in [0.5, 0.6) is 23.0 Å². The van der Waals surface area contributed by atoms with Crippen LogP contribution >= 0.6 is 0 Å². The van der Waals surface area contributed by atoms with E-state index in [0.29, 0.717) is 11.1 Å². The summed E-state index contributed by atoms with van der Waals surface area (Å²) in [6.07, 6.45) is 17.2. The zero-order valence-corrected chi connectivity index (χ0v) is 36.3. The second kappa shape index (κ2) is 24.4. The lowest BCUT2D eigenvalue weighted by atomic mass is 10.00. The maximum absolute atomic E-state index is 13.0. The van der Waals surface area contributed by atoms with Gasteiger partial charge >= 0.3 is 23.9 Å². The summed E-state index contributed by atoms with van der Waals surface area (Å²) >= 11 is 0. The number of unbranched alkanes of at least 4 members (excludes halogenated alkanes) is 11. The molecule has 0 saturated heterocycles. The smallest absolute Gasteiger partial charge is 0.343 e. The number of carbonyl (C=O) groups is 4. The summed E-state index contributed by atoms with van der Waals surface area (Å²) in [7, 11) is 0. The average Bonchev–Trinajstić information content (AvgIpc) is 3.33. The molecule has 0 heterocycles. The lowest BCUT2D eigenvalue weighted by Gasteiger charge is -2.09. The monoisotopic (exact) mass is 855 g/mol. The first kappa shape index (κ1) is 46.2. The standard InChI is InChI=1S/C55H53NO8/c1-2-3-4-5-6-7-8-9-10-11-12-13-15-40-18-22-42(23-19-40)43-24-26-44(27-25-43)52(57)62-49-34-30-46(31-35-49)54(59)64-51-17-14-16-47(38-51)55(60)63-50-36-28-45(29-37-50)53(58)61-48-32-20-41(39-56)21-33-48/h14,16-38H,2-13,15H2,1H3. The predicted octanol–water partition coefficient (Wildman–Crippen LogP) is 13.3. The van der Waals surface area contributed by atoms with Gasteiger partial charge < -0.3 is 18.9 Å². The fourth-order valence-corrected chi connectivity index (χ4v) is 7.10. The summed E-state index contributed by atoms with van der Waals surface area (Å²) in [4.78, 5) is 51.4. The summed E-state index contributed by atoms with van der Waals surface area (Å²) in [5, 5.41) is 8.93. The second-order valence-electron chi connectivity index (χ2n) is 15.7. The molecule has 0 aromatic heterocycles. The average molecular weight is 856 g/mol. The normalized spacial score (nSPS) is 10.7. The molecule has 0 unspecified atom stereocenters. The van der Waals surface area contributed by atoms with E-state index in [1.807, 2.05) is 18.2 Å². The highest BCUT2D eigenvalue weighted by atomic mass is 16.5. The molecule has 64 heavy (non-hydrogen) atoms. The van der Waals surface area contributed by atoms with Gasteiger partial charge in [0.15, 0.2) is 0 Å². The van der Waals surface area contributed by atoms with Crippen molar-refractivity contribution < 1.29 is 38.1 Å². The Balaban J connectivity index is 0.908. The van der Waals surface area contributed by atoms with Crippen molar-refractivity contribution in [3.63, 3.8) is 0 Å². The summed E-state index contributed by atoms with van der Waals surface area (Å²) in [5.41, 5.74) is 4.82. The molecule has 0 fully saturated rings.